The van der Waals surface area contributed by atoms with Crippen molar-refractivity contribution in [3.05, 3.63) is 28.2 Å². The van der Waals surface area contributed by atoms with Gasteiger partial charge in [0.25, 0.3) is 5.91 Å². The topological polar surface area (TPSA) is 46.3 Å². The third-order valence-corrected chi connectivity index (χ3v) is 2.56. The molecule has 0 spiro atoms. The molecule has 0 fully saturated rings. The Labute approximate surface area is 104 Å². The summed E-state index contributed by atoms with van der Waals surface area (Å²) in [5.41, 5.74) is 6.79. The van der Waals surface area contributed by atoms with Crippen LogP contribution in [0.4, 0.5) is 5.69 Å². The summed E-state index contributed by atoms with van der Waals surface area (Å²) in [4.78, 5) is 13.4. The van der Waals surface area contributed by atoms with Crippen LogP contribution in [0.1, 0.15) is 17.3 Å². The summed E-state index contributed by atoms with van der Waals surface area (Å²) >= 11 is 3.29. The number of benzene rings is 1. The lowest BCUT2D eigenvalue weighted by molar-refractivity contribution is 0.0803. The molecule has 1 rings (SSSR count). The van der Waals surface area contributed by atoms with E-state index in [1.807, 2.05) is 13.0 Å². The van der Waals surface area contributed by atoms with Gasteiger partial charge in [0.05, 0.1) is 5.56 Å². The number of nitrogens with two attached hydrogens (primary N) is 1. The average Bonchev–Trinajstić information content (AvgIpc) is 2.15. The molecule has 0 atom stereocenters. The minimum atomic E-state index is -0.0440. The summed E-state index contributed by atoms with van der Waals surface area (Å²) in [6.07, 6.45) is 0. The van der Waals surface area contributed by atoms with E-state index in [0.717, 1.165) is 4.47 Å². The van der Waals surface area contributed by atoms with Gasteiger partial charge in [-0.3, -0.25) is 4.79 Å². The summed E-state index contributed by atoms with van der Waals surface area (Å²) in [5.74, 6) is -0.0440. The van der Waals surface area contributed by atoms with Gasteiger partial charge in [-0.2, -0.15) is 0 Å². The molecule has 5 heteroatoms. The van der Waals surface area contributed by atoms with Crippen LogP contribution in [-0.4, -0.2) is 24.4 Å². The molecular formula is C10H14BrClN2O. The summed E-state index contributed by atoms with van der Waals surface area (Å²) in [6, 6.07) is 5.28. The molecule has 3 nitrogen and oxygen atoms in total. The van der Waals surface area contributed by atoms with Crippen LogP contribution in [0.15, 0.2) is 22.7 Å². The molecule has 0 aromatic heterocycles. The van der Waals surface area contributed by atoms with Crippen LogP contribution in [-0.2, 0) is 0 Å². The first-order chi connectivity index (χ1) is 6.56. The van der Waals surface area contributed by atoms with Crippen LogP contribution < -0.4 is 5.73 Å². The molecule has 1 aromatic carbocycles. The van der Waals surface area contributed by atoms with Gasteiger partial charge in [0.15, 0.2) is 0 Å². The SMILES string of the molecule is CCN(C)C(=O)c1ccc(Br)cc1N.Cl. The molecular weight excluding hydrogens is 279 g/mol. The fourth-order valence-corrected chi connectivity index (χ4v) is 1.46. The lowest BCUT2D eigenvalue weighted by Crippen LogP contribution is -2.26. The van der Waals surface area contributed by atoms with Gasteiger partial charge in [-0.15, -0.1) is 12.4 Å². The third-order valence-electron chi connectivity index (χ3n) is 2.07. The molecule has 1 amide bonds. The van der Waals surface area contributed by atoms with Crippen molar-refractivity contribution in [3.63, 3.8) is 0 Å². The van der Waals surface area contributed by atoms with Crippen LogP contribution >= 0.6 is 28.3 Å². The maximum Gasteiger partial charge on any atom is 0.255 e. The Kier molecular flexibility index (Phi) is 5.68. The Balaban J connectivity index is 0.00000196. The first-order valence-electron chi connectivity index (χ1n) is 4.36. The minimum Gasteiger partial charge on any atom is -0.398 e. The first kappa shape index (κ1) is 14.3. The van der Waals surface area contributed by atoms with E-state index in [1.165, 1.54) is 0 Å². The Bertz CT molecular complexity index is 357. The second kappa shape index (κ2) is 5.98. The van der Waals surface area contributed by atoms with E-state index in [2.05, 4.69) is 15.9 Å². The lowest BCUT2D eigenvalue weighted by Gasteiger charge is -2.15. The summed E-state index contributed by atoms with van der Waals surface area (Å²) < 4.78 is 0.880. The van der Waals surface area contributed by atoms with Crippen LogP contribution in [0.5, 0.6) is 0 Å². The fourth-order valence-electron chi connectivity index (χ4n) is 1.08. The van der Waals surface area contributed by atoms with Crippen LogP contribution in [0.2, 0.25) is 0 Å². The van der Waals surface area contributed by atoms with Crippen LogP contribution in [0.25, 0.3) is 0 Å². The van der Waals surface area contributed by atoms with Crippen molar-refractivity contribution >= 4 is 39.9 Å². The lowest BCUT2D eigenvalue weighted by atomic mass is 10.1. The second-order valence-electron chi connectivity index (χ2n) is 3.05. The van der Waals surface area contributed by atoms with Gasteiger partial charge < -0.3 is 10.6 Å². The quantitative estimate of drug-likeness (QED) is 0.852. The van der Waals surface area contributed by atoms with E-state index in [1.54, 1.807) is 24.1 Å². The monoisotopic (exact) mass is 292 g/mol. The summed E-state index contributed by atoms with van der Waals surface area (Å²) in [6.45, 7) is 2.60. The second-order valence-corrected chi connectivity index (χ2v) is 3.97. The first-order valence-corrected chi connectivity index (χ1v) is 5.16. The minimum absolute atomic E-state index is 0. The molecule has 2 N–H and O–H groups in total. The van der Waals surface area contributed by atoms with Gasteiger partial charge in [0, 0.05) is 23.8 Å². The van der Waals surface area contributed by atoms with Crippen LogP contribution in [0, 0.1) is 0 Å². The molecule has 0 aliphatic heterocycles. The molecule has 0 aliphatic rings. The molecule has 0 unspecified atom stereocenters. The largest absolute Gasteiger partial charge is 0.398 e. The van der Waals surface area contributed by atoms with Crippen molar-refractivity contribution < 1.29 is 4.79 Å². The highest BCUT2D eigenvalue weighted by Crippen LogP contribution is 2.19. The van der Waals surface area contributed by atoms with E-state index in [-0.39, 0.29) is 18.3 Å². The number of hydrogen-bond donors (Lipinski definition) is 1. The average molecular weight is 294 g/mol. The van der Waals surface area contributed by atoms with E-state index >= 15 is 0 Å². The number of anilines is 1. The Hall–Kier alpha value is -0.740. The number of carbonyl (C=O) groups excluding carboxylic acids is 1. The molecule has 0 saturated heterocycles. The zero-order valence-corrected chi connectivity index (χ0v) is 11.1. The number of halogens is 2. The highest BCUT2D eigenvalue weighted by atomic mass is 79.9. The van der Waals surface area contributed by atoms with Gasteiger partial charge >= 0.3 is 0 Å². The molecule has 0 aliphatic carbocycles. The van der Waals surface area contributed by atoms with Crippen molar-refractivity contribution in [1.29, 1.82) is 0 Å². The molecule has 0 bridgehead atoms. The fraction of sp³-hybridized carbons (Fsp3) is 0.300. The van der Waals surface area contributed by atoms with Crippen molar-refractivity contribution in [2.75, 3.05) is 19.3 Å². The zero-order chi connectivity index (χ0) is 10.7. The number of nitrogens with zero attached hydrogens (tertiary/aromatic N) is 1. The predicted molar refractivity (Wildman–Crippen MR) is 68.4 cm³/mol. The molecule has 1 aromatic rings. The maximum absolute atomic E-state index is 11.7. The van der Waals surface area contributed by atoms with Crippen molar-refractivity contribution in [3.8, 4) is 0 Å². The molecule has 0 radical (unpaired) electrons. The van der Waals surface area contributed by atoms with Gasteiger partial charge in [0.1, 0.15) is 0 Å². The van der Waals surface area contributed by atoms with E-state index < -0.39 is 0 Å². The normalized spacial score (nSPS) is 9.27. The summed E-state index contributed by atoms with van der Waals surface area (Å²) in [5, 5.41) is 0. The van der Waals surface area contributed by atoms with Crippen LogP contribution in [0.3, 0.4) is 0 Å². The highest BCUT2D eigenvalue weighted by molar-refractivity contribution is 9.10. The van der Waals surface area contributed by atoms with E-state index in [4.69, 9.17) is 5.73 Å². The number of rotatable bonds is 2. The molecule has 15 heavy (non-hydrogen) atoms. The standard InChI is InChI=1S/C10H13BrN2O.ClH/c1-3-13(2)10(14)8-5-4-7(11)6-9(8)12;/h4-6H,3,12H2,1-2H3;1H. The third kappa shape index (κ3) is 3.39. The number of hydrogen-bond acceptors (Lipinski definition) is 2. The van der Waals surface area contributed by atoms with Gasteiger partial charge in [0.2, 0.25) is 0 Å². The molecule has 84 valence electrons. The maximum atomic E-state index is 11.7. The zero-order valence-electron chi connectivity index (χ0n) is 8.66. The smallest absolute Gasteiger partial charge is 0.255 e. The van der Waals surface area contributed by atoms with E-state index in [9.17, 15) is 4.79 Å². The number of amides is 1. The number of carbonyl (C=O) groups is 1. The van der Waals surface area contributed by atoms with Crippen molar-refractivity contribution in [2.24, 2.45) is 0 Å². The Morgan fingerprint density at radius 2 is 2.13 bits per heavy atom. The van der Waals surface area contributed by atoms with Gasteiger partial charge in [-0.05, 0) is 25.1 Å². The number of nitrogen functional groups attached to an aromatic ring is 1. The Morgan fingerprint density at radius 3 is 2.60 bits per heavy atom. The molecule has 0 heterocycles. The van der Waals surface area contributed by atoms with E-state index in [0.29, 0.717) is 17.8 Å². The molecule has 0 saturated carbocycles. The predicted octanol–water partition coefficient (Wildman–Crippen LogP) is 2.55. The highest BCUT2D eigenvalue weighted by Gasteiger charge is 2.12. The summed E-state index contributed by atoms with van der Waals surface area (Å²) in [7, 11) is 1.75. The van der Waals surface area contributed by atoms with Crippen molar-refractivity contribution in [1.82, 2.24) is 4.90 Å². The Morgan fingerprint density at radius 1 is 1.53 bits per heavy atom. The van der Waals surface area contributed by atoms with Gasteiger partial charge in [-0.1, -0.05) is 15.9 Å². The van der Waals surface area contributed by atoms with Gasteiger partial charge in [-0.25, -0.2) is 0 Å². The van der Waals surface area contributed by atoms with Crippen molar-refractivity contribution in [2.45, 2.75) is 6.92 Å².